The molecule has 0 aliphatic carbocycles. The molecule has 1 aliphatic heterocycles. The first-order chi connectivity index (χ1) is 8.74. The minimum atomic E-state index is -3.98. The third-order valence-corrected chi connectivity index (χ3v) is 5.93. The van der Waals surface area contributed by atoms with Gasteiger partial charge in [-0.3, -0.25) is 0 Å². The quantitative estimate of drug-likeness (QED) is 0.747. The molecule has 0 amide bonds. The molecule has 1 aromatic heterocycles. The third-order valence-electron chi connectivity index (χ3n) is 3.01. The first-order valence-corrected chi connectivity index (χ1v) is 9.96. The summed E-state index contributed by atoms with van der Waals surface area (Å²) in [4.78, 5) is 0. The van der Waals surface area contributed by atoms with Crippen LogP contribution in [0.15, 0.2) is 5.16 Å². The monoisotopic (exact) mass is 327 g/mol. The minimum absolute atomic E-state index is 0.0167. The average molecular weight is 328 g/mol. The summed E-state index contributed by atoms with van der Waals surface area (Å²) in [5.41, 5.74) is 0. The molecule has 1 unspecified atom stereocenters. The predicted molar refractivity (Wildman–Crippen MR) is 69.4 cm³/mol. The van der Waals surface area contributed by atoms with Crippen LogP contribution in [0.2, 0.25) is 0 Å². The van der Waals surface area contributed by atoms with E-state index >= 15 is 0 Å². The Morgan fingerprint density at radius 1 is 1.42 bits per heavy atom. The van der Waals surface area contributed by atoms with Crippen LogP contribution in [-0.4, -0.2) is 43.1 Å². The Labute approximate surface area is 116 Å². The van der Waals surface area contributed by atoms with Crippen LogP contribution in [0.25, 0.3) is 0 Å². The highest BCUT2D eigenvalue weighted by atomic mass is 35.7. The molecule has 2 heterocycles. The fourth-order valence-corrected chi connectivity index (χ4v) is 4.88. The molecular weight excluding hydrogens is 314 g/mol. The van der Waals surface area contributed by atoms with Crippen LogP contribution in [0.4, 0.5) is 0 Å². The van der Waals surface area contributed by atoms with E-state index in [2.05, 4.69) is 10.2 Å². The van der Waals surface area contributed by atoms with Gasteiger partial charge in [-0.25, -0.2) is 16.8 Å². The van der Waals surface area contributed by atoms with E-state index in [9.17, 15) is 16.8 Å². The Hall–Kier alpha value is -0.670. The topological polar surface area (TPSA) is 99.0 Å². The number of hydrogen-bond donors (Lipinski definition) is 0. The SMILES string of the molecule is CCCn1c(C2CCS(=O)(=O)C2)nnc1S(=O)(=O)Cl. The van der Waals surface area contributed by atoms with Crippen molar-refractivity contribution in [2.75, 3.05) is 11.5 Å². The second kappa shape index (κ2) is 5.02. The summed E-state index contributed by atoms with van der Waals surface area (Å²) in [5, 5.41) is 7.12. The van der Waals surface area contributed by atoms with Gasteiger partial charge in [0.1, 0.15) is 5.82 Å². The second-order valence-electron chi connectivity index (χ2n) is 4.53. The van der Waals surface area contributed by atoms with Crippen molar-refractivity contribution < 1.29 is 16.8 Å². The van der Waals surface area contributed by atoms with E-state index in [0.717, 1.165) is 0 Å². The second-order valence-corrected chi connectivity index (χ2v) is 9.22. The lowest BCUT2D eigenvalue weighted by Gasteiger charge is -2.10. The number of rotatable bonds is 4. The smallest absolute Gasteiger partial charge is 0.296 e. The lowest BCUT2D eigenvalue weighted by atomic mass is 10.1. The maximum Gasteiger partial charge on any atom is 0.296 e. The van der Waals surface area contributed by atoms with Crippen molar-refractivity contribution in [2.45, 2.75) is 37.4 Å². The number of nitrogens with zero attached hydrogens (tertiary/aromatic N) is 3. The molecule has 1 aromatic rings. The molecule has 0 bridgehead atoms. The van der Waals surface area contributed by atoms with Gasteiger partial charge in [-0.1, -0.05) is 6.92 Å². The van der Waals surface area contributed by atoms with E-state index in [4.69, 9.17) is 10.7 Å². The molecule has 0 N–H and O–H groups in total. The van der Waals surface area contributed by atoms with Crippen LogP contribution in [0.3, 0.4) is 0 Å². The molecule has 7 nitrogen and oxygen atoms in total. The summed E-state index contributed by atoms with van der Waals surface area (Å²) < 4.78 is 47.2. The van der Waals surface area contributed by atoms with Gasteiger partial charge in [0, 0.05) is 23.1 Å². The van der Waals surface area contributed by atoms with Gasteiger partial charge in [0.05, 0.1) is 11.5 Å². The minimum Gasteiger partial charge on any atom is -0.301 e. The molecule has 19 heavy (non-hydrogen) atoms. The summed E-state index contributed by atoms with van der Waals surface area (Å²) >= 11 is 0. The van der Waals surface area contributed by atoms with Crippen molar-refractivity contribution in [2.24, 2.45) is 0 Å². The fourth-order valence-electron chi connectivity index (χ4n) is 2.21. The Bertz CT molecular complexity index is 680. The Balaban J connectivity index is 2.45. The van der Waals surface area contributed by atoms with E-state index in [1.54, 1.807) is 0 Å². The summed E-state index contributed by atoms with van der Waals surface area (Å²) in [7, 11) is -1.74. The number of sulfone groups is 1. The molecule has 1 fully saturated rings. The van der Waals surface area contributed by atoms with E-state index in [1.165, 1.54) is 4.57 Å². The lowest BCUT2D eigenvalue weighted by Crippen LogP contribution is -2.14. The van der Waals surface area contributed by atoms with Crippen molar-refractivity contribution in [3.05, 3.63) is 5.82 Å². The van der Waals surface area contributed by atoms with Crippen molar-refractivity contribution in [1.29, 1.82) is 0 Å². The molecule has 0 radical (unpaired) electrons. The molecule has 0 aromatic carbocycles. The zero-order valence-corrected chi connectivity index (χ0v) is 12.7. The Morgan fingerprint density at radius 2 is 2.11 bits per heavy atom. The molecule has 1 atom stereocenters. The van der Waals surface area contributed by atoms with E-state index in [1.807, 2.05) is 6.92 Å². The summed E-state index contributed by atoms with van der Waals surface area (Å²) in [6.45, 7) is 2.26. The Morgan fingerprint density at radius 3 is 2.58 bits per heavy atom. The van der Waals surface area contributed by atoms with Crippen LogP contribution in [0.1, 0.15) is 31.5 Å². The zero-order valence-electron chi connectivity index (χ0n) is 10.3. The molecule has 2 rings (SSSR count). The standard InChI is InChI=1S/C9H14ClN3O4S2/c1-2-4-13-8(7-3-5-18(14,15)6-7)11-12-9(13)19(10,16)17/h7H,2-6H2,1H3. The maximum absolute atomic E-state index is 11.5. The third kappa shape index (κ3) is 3.09. The molecular formula is C9H14ClN3O4S2. The van der Waals surface area contributed by atoms with E-state index in [-0.39, 0.29) is 22.6 Å². The highest BCUT2D eigenvalue weighted by molar-refractivity contribution is 8.13. The van der Waals surface area contributed by atoms with Crippen molar-refractivity contribution in [3.8, 4) is 0 Å². The fraction of sp³-hybridized carbons (Fsp3) is 0.778. The molecule has 1 saturated heterocycles. The van der Waals surface area contributed by atoms with Crippen LogP contribution in [0.5, 0.6) is 0 Å². The van der Waals surface area contributed by atoms with Crippen molar-refractivity contribution in [3.63, 3.8) is 0 Å². The van der Waals surface area contributed by atoms with Gasteiger partial charge in [-0.05, 0) is 12.8 Å². The van der Waals surface area contributed by atoms with Gasteiger partial charge in [-0.2, -0.15) is 0 Å². The molecule has 0 spiro atoms. The van der Waals surface area contributed by atoms with Gasteiger partial charge in [0.15, 0.2) is 9.84 Å². The normalized spacial score (nSPS) is 22.7. The summed E-state index contributed by atoms with van der Waals surface area (Å²) in [6.07, 6.45) is 1.11. The largest absolute Gasteiger partial charge is 0.301 e. The predicted octanol–water partition coefficient (Wildman–Crippen LogP) is 0.518. The van der Waals surface area contributed by atoms with E-state index in [0.29, 0.717) is 25.2 Å². The van der Waals surface area contributed by atoms with Crippen LogP contribution >= 0.6 is 10.7 Å². The van der Waals surface area contributed by atoms with Gasteiger partial charge in [0.25, 0.3) is 14.2 Å². The maximum atomic E-state index is 11.5. The molecule has 10 heteroatoms. The highest BCUT2D eigenvalue weighted by Crippen LogP contribution is 2.29. The Kier molecular flexibility index (Phi) is 3.90. The first-order valence-electron chi connectivity index (χ1n) is 5.83. The zero-order chi connectivity index (χ0) is 14.3. The van der Waals surface area contributed by atoms with Gasteiger partial charge < -0.3 is 4.57 Å². The average Bonchev–Trinajstić information content (AvgIpc) is 2.81. The first kappa shape index (κ1) is 14.7. The molecule has 0 saturated carbocycles. The molecule has 108 valence electrons. The number of halogens is 1. The molecule has 1 aliphatic rings. The van der Waals surface area contributed by atoms with Crippen LogP contribution < -0.4 is 0 Å². The van der Waals surface area contributed by atoms with Crippen molar-refractivity contribution >= 4 is 29.6 Å². The number of aromatic nitrogens is 3. The summed E-state index contributed by atoms with van der Waals surface area (Å²) in [6, 6.07) is 0. The summed E-state index contributed by atoms with van der Waals surface area (Å²) in [5.74, 6) is 0.162. The van der Waals surface area contributed by atoms with Gasteiger partial charge in [0.2, 0.25) is 0 Å². The van der Waals surface area contributed by atoms with Gasteiger partial charge in [-0.15, -0.1) is 10.2 Å². The van der Waals surface area contributed by atoms with Crippen molar-refractivity contribution in [1.82, 2.24) is 14.8 Å². The number of hydrogen-bond acceptors (Lipinski definition) is 6. The van der Waals surface area contributed by atoms with Crippen LogP contribution in [-0.2, 0) is 25.4 Å². The lowest BCUT2D eigenvalue weighted by molar-refractivity contribution is 0.540. The highest BCUT2D eigenvalue weighted by Gasteiger charge is 2.34. The van der Waals surface area contributed by atoms with E-state index < -0.39 is 18.9 Å². The van der Waals surface area contributed by atoms with Crippen LogP contribution in [0, 0.1) is 0 Å². The van der Waals surface area contributed by atoms with Gasteiger partial charge >= 0.3 is 0 Å².